The minimum atomic E-state index is -0.235. The number of aromatic amines is 1. The Morgan fingerprint density at radius 2 is 2.26 bits per heavy atom. The van der Waals surface area contributed by atoms with Crippen LogP contribution in [0.5, 0.6) is 0 Å². The lowest BCUT2D eigenvalue weighted by atomic mass is 10.1. The molecule has 1 aliphatic rings. The van der Waals surface area contributed by atoms with E-state index in [4.69, 9.17) is 5.73 Å². The first kappa shape index (κ1) is 15.3. The van der Waals surface area contributed by atoms with Crippen LogP contribution in [0.25, 0.3) is 16.9 Å². The molecule has 2 heterocycles. The van der Waals surface area contributed by atoms with Crippen LogP contribution in [0.15, 0.2) is 35.4 Å². The lowest BCUT2D eigenvalue weighted by Crippen LogP contribution is -2.21. The number of carbonyl (C=O) groups is 1. The van der Waals surface area contributed by atoms with Gasteiger partial charge in [-0.1, -0.05) is 6.07 Å². The van der Waals surface area contributed by atoms with Crippen LogP contribution in [0.3, 0.4) is 0 Å². The number of halogens is 1. The zero-order valence-corrected chi connectivity index (χ0v) is 12.8. The van der Waals surface area contributed by atoms with E-state index in [0.717, 1.165) is 22.5 Å². The van der Waals surface area contributed by atoms with E-state index in [9.17, 15) is 9.59 Å². The minimum absolute atomic E-state index is 0. The number of fused-ring (bicyclic) bond motifs is 5. The summed E-state index contributed by atoms with van der Waals surface area (Å²) >= 11 is 0. The van der Waals surface area contributed by atoms with Crippen molar-refractivity contribution in [1.82, 2.24) is 14.4 Å². The lowest BCUT2D eigenvalue weighted by Gasteiger charge is -2.06. The first-order valence-corrected chi connectivity index (χ1v) is 6.89. The first-order chi connectivity index (χ1) is 10.7. The molecule has 0 radical (unpaired) electrons. The third kappa shape index (κ3) is 2.30. The number of rotatable bonds is 2. The summed E-state index contributed by atoms with van der Waals surface area (Å²) in [6.07, 6.45) is 4.06. The van der Waals surface area contributed by atoms with E-state index < -0.39 is 0 Å². The Hall–Kier alpha value is -2.64. The third-order valence-corrected chi connectivity index (χ3v) is 3.86. The summed E-state index contributed by atoms with van der Waals surface area (Å²) in [5.74, 6) is -0.235. The molecule has 1 amide bonds. The van der Waals surface area contributed by atoms with Crippen molar-refractivity contribution in [2.75, 3.05) is 11.9 Å². The maximum atomic E-state index is 12.1. The first-order valence-electron chi connectivity index (χ1n) is 6.89. The van der Waals surface area contributed by atoms with Crippen molar-refractivity contribution < 1.29 is 4.79 Å². The number of anilines is 1. The molecule has 0 aliphatic heterocycles. The Morgan fingerprint density at radius 1 is 1.43 bits per heavy atom. The summed E-state index contributed by atoms with van der Waals surface area (Å²) in [4.78, 5) is 30.4. The Labute approximate surface area is 137 Å². The van der Waals surface area contributed by atoms with Crippen LogP contribution in [0.2, 0.25) is 0 Å². The Bertz CT molecular complexity index is 976. The van der Waals surface area contributed by atoms with Crippen molar-refractivity contribution in [3.63, 3.8) is 0 Å². The molecule has 2 aromatic heterocycles. The van der Waals surface area contributed by atoms with E-state index in [0.29, 0.717) is 17.8 Å². The molecule has 23 heavy (non-hydrogen) atoms. The van der Waals surface area contributed by atoms with Gasteiger partial charge in [0.05, 0.1) is 17.9 Å². The van der Waals surface area contributed by atoms with Gasteiger partial charge in [0.1, 0.15) is 0 Å². The maximum absolute atomic E-state index is 12.1. The quantitative estimate of drug-likeness (QED) is 0.507. The van der Waals surface area contributed by atoms with Gasteiger partial charge < -0.3 is 16.0 Å². The second kappa shape index (κ2) is 5.53. The molecule has 0 unspecified atom stereocenters. The molecule has 118 valence electrons. The van der Waals surface area contributed by atoms with Crippen LogP contribution in [0, 0.1) is 0 Å². The molecule has 0 saturated carbocycles. The minimum Gasteiger partial charge on any atom is -0.325 e. The highest BCUT2D eigenvalue weighted by Crippen LogP contribution is 2.35. The fourth-order valence-corrected chi connectivity index (χ4v) is 2.90. The average Bonchev–Trinajstić information content (AvgIpc) is 3.11. The highest BCUT2D eigenvalue weighted by molar-refractivity contribution is 5.92. The van der Waals surface area contributed by atoms with Crippen molar-refractivity contribution in [3.8, 4) is 11.3 Å². The summed E-state index contributed by atoms with van der Waals surface area (Å²) in [6.45, 7) is -0.0553. The molecular weight excluding hydrogens is 318 g/mol. The van der Waals surface area contributed by atoms with Gasteiger partial charge in [0, 0.05) is 30.1 Å². The normalized spacial score (nSPS) is 11.7. The predicted molar refractivity (Wildman–Crippen MR) is 89.0 cm³/mol. The number of benzene rings is 1. The molecule has 8 heteroatoms. The van der Waals surface area contributed by atoms with E-state index in [1.54, 1.807) is 18.5 Å². The van der Waals surface area contributed by atoms with Gasteiger partial charge >= 0.3 is 0 Å². The molecule has 7 nitrogen and oxygen atoms in total. The zero-order chi connectivity index (χ0) is 15.3. The topological polar surface area (TPSA) is 105 Å². The number of H-pyrrole nitrogens is 1. The van der Waals surface area contributed by atoms with Gasteiger partial charge in [0.2, 0.25) is 11.6 Å². The molecule has 0 spiro atoms. The van der Waals surface area contributed by atoms with Crippen molar-refractivity contribution in [3.05, 3.63) is 52.2 Å². The maximum Gasteiger partial charge on any atom is 0.292 e. The SMILES string of the molecule is Cl.NCC(=O)Nc1ccc2c(c1)Cc1c-2[nH]c(=O)c2nccn12. The molecule has 4 rings (SSSR count). The number of imidazole rings is 1. The van der Waals surface area contributed by atoms with Crippen molar-refractivity contribution >= 4 is 29.6 Å². The van der Waals surface area contributed by atoms with Gasteiger partial charge in [0.25, 0.3) is 5.56 Å². The molecule has 4 N–H and O–H groups in total. The molecule has 0 saturated heterocycles. The summed E-state index contributed by atoms with van der Waals surface area (Å²) in [5.41, 5.74) is 9.99. The smallest absolute Gasteiger partial charge is 0.292 e. The highest BCUT2D eigenvalue weighted by Gasteiger charge is 2.23. The van der Waals surface area contributed by atoms with Crippen molar-refractivity contribution in [2.45, 2.75) is 6.42 Å². The second-order valence-electron chi connectivity index (χ2n) is 5.20. The molecule has 0 atom stereocenters. The fourth-order valence-electron chi connectivity index (χ4n) is 2.90. The Morgan fingerprint density at radius 3 is 3.04 bits per heavy atom. The molecule has 3 aromatic rings. The van der Waals surface area contributed by atoms with Crippen molar-refractivity contribution in [2.24, 2.45) is 5.73 Å². The van der Waals surface area contributed by atoms with Crippen LogP contribution in [-0.2, 0) is 11.2 Å². The summed E-state index contributed by atoms with van der Waals surface area (Å²) in [6, 6.07) is 5.61. The van der Waals surface area contributed by atoms with Crippen molar-refractivity contribution in [1.29, 1.82) is 0 Å². The van der Waals surface area contributed by atoms with Gasteiger partial charge in [-0.3, -0.25) is 14.0 Å². The number of hydrogen-bond acceptors (Lipinski definition) is 4. The van der Waals surface area contributed by atoms with E-state index in [1.165, 1.54) is 0 Å². The van der Waals surface area contributed by atoms with E-state index >= 15 is 0 Å². The summed E-state index contributed by atoms with van der Waals surface area (Å²) in [7, 11) is 0. The number of hydrogen-bond donors (Lipinski definition) is 3. The largest absolute Gasteiger partial charge is 0.325 e. The Kier molecular flexibility index (Phi) is 3.67. The standard InChI is InChI=1S/C15H13N5O2.ClH/c16-7-12(21)18-9-1-2-10-8(5-9)6-11-13(10)19-15(22)14-17-3-4-20(11)14;/h1-5H,6-7,16H2,(H,18,21)(H,19,22);1H. The molecule has 0 bridgehead atoms. The lowest BCUT2D eigenvalue weighted by molar-refractivity contribution is -0.114. The third-order valence-electron chi connectivity index (χ3n) is 3.86. The monoisotopic (exact) mass is 331 g/mol. The number of carbonyl (C=O) groups excluding carboxylic acids is 1. The number of nitrogens with two attached hydrogens (primary N) is 1. The zero-order valence-electron chi connectivity index (χ0n) is 12.0. The van der Waals surface area contributed by atoms with Gasteiger partial charge in [-0.05, 0) is 17.7 Å². The summed E-state index contributed by atoms with van der Waals surface area (Å²) < 4.78 is 1.81. The Balaban J connectivity index is 0.00000156. The molecule has 1 aromatic carbocycles. The van der Waals surface area contributed by atoms with Gasteiger partial charge in [-0.15, -0.1) is 12.4 Å². The van der Waals surface area contributed by atoms with Crippen LogP contribution >= 0.6 is 12.4 Å². The van der Waals surface area contributed by atoms with Gasteiger partial charge in [0.15, 0.2) is 0 Å². The highest BCUT2D eigenvalue weighted by atomic mass is 35.5. The van der Waals surface area contributed by atoms with E-state index in [-0.39, 0.29) is 30.4 Å². The molecule has 1 aliphatic carbocycles. The number of nitrogens with one attached hydrogen (secondary N) is 2. The fraction of sp³-hybridized carbons (Fsp3) is 0.133. The number of nitrogens with zero attached hydrogens (tertiary/aromatic N) is 2. The van der Waals surface area contributed by atoms with Gasteiger partial charge in [-0.25, -0.2) is 4.98 Å². The summed E-state index contributed by atoms with van der Waals surface area (Å²) in [5, 5.41) is 2.74. The van der Waals surface area contributed by atoms with Crippen LogP contribution in [0.4, 0.5) is 5.69 Å². The van der Waals surface area contributed by atoms with E-state index in [1.807, 2.05) is 16.5 Å². The predicted octanol–water partition coefficient (Wildman–Crippen LogP) is 0.913. The number of aromatic nitrogens is 3. The van der Waals surface area contributed by atoms with Crippen LogP contribution in [-0.4, -0.2) is 26.8 Å². The van der Waals surface area contributed by atoms with E-state index in [2.05, 4.69) is 15.3 Å². The molecular formula is C15H14ClN5O2. The van der Waals surface area contributed by atoms with Gasteiger partial charge in [-0.2, -0.15) is 0 Å². The van der Waals surface area contributed by atoms with Crippen LogP contribution in [0.1, 0.15) is 11.3 Å². The second-order valence-corrected chi connectivity index (χ2v) is 5.20. The average molecular weight is 332 g/mol. The van der Waals surface area contributed by atoms with Crippen LogP contribution < -0.4 is 16.6 Å². The molecule has 0 fully saturated rings. The number of amides is 1.